The molecule has 0 aliphatic carbocycles. The third-order valence-corrected chi connectivity index (χ3v) is 2.55. The molecule has 4 nitrogen and oxygen atoms in total. The maximum atomic E-state index is 13.4. The summed E-state index contributed by atoms with van der Waals surface area (Å²) in [7, 11) is 0. The Hall–Kier alpha value is -1.46. The monoisotopic (exact) mass is 224 g/mol. The summed E-state index contributed by atoms with van der Waals surface area (Å²) in [6.45, 7) is 1.68. The van der Waals surface area contributed by atoms with Gasteiger partial charge in [-0.05, 0) is 18.2 Å². The van der Waals surface area contributed by atoms with Crippen LogP contribution in [0.1, 0.15) is 15.9 Å². The van der Waals surface area contributed by atoms with Gasteiger partial charge in [0, 0.05) is 17.7 Å². The topological polar surface area (TPSA) is 64.4 Å². The van der Waals surface area contributed by atoms with Gasteiger partial charge < -0.3 is 15.8 Å². The van der Waals surface area contributed by atoms with Gasteiger partial charge in [0.05, 0.1) is 19.3 Å². The molecule has 2 rings (SSSR count). The summed E-state index contributed by atoms with van der Waals surface area (Å²) in [4.78, 5) is 10.9. The lowest BCUT2D eigenvalue weighted by Crippen LogP contribution is -2.45. The van der Waals surface area contributed by atoms with Gasteiger partial charge in [0.2, 0.25) is 5.91 Å². The highest BCUT2D eigenvalue weighted by Gasteiger charge is 2.18. The first kappa shape index (κ1) is 11.0. The summed E-state index contributed by atoms with van der Waals surface area (Å²) < 4.78 is 18.4. The van der Waals surface area contributed by atoms with E-state index >= 15 is 0 Å². The highest BCUT2D eigenvalue weighted by atomic mass is 19.1. The van der Waals surface area contributed by atoms with Crippen LogP contribution in [0.15, 0.2) is 18.2 Å². The summed E-state index contributed by atoms with van der Waals surface area (Å²) in [6.07, 6.45) is 0. The lowest BCUT2D eigenvalue weighted by Gasteiger charge is -2.27. The third-order valence-electron chi connectivity index (χ3n) is 2.55. The van der Waals surface area contributed by atoms with E-state index in [-0.39, 0.29) is 11.9 Å². The highest BCUT2D eigenvalue weighted by molar-refractivity contribution is 5.92. The minimum atomic E-state index is -0.548. The lowest BCUT2D eigenvalue weighted by molar-refractivity contribution is -0.00588. The van der Waals surface area contributed by atoms with E-state index in [0.29, 0.717) is 30.9 Å². The average molecular weight is 224 g/mol. The Morgan fingerprint density at radius 1 is 1.56 bits per heavy atom. The van der Waals surface area contributed by atoms with Gasteiger partial charge in [-0.25, -0.2) is 4.39 Å². The quantitative estimate of drug-likeness (QED) is 0.778. The van der Waals surface area contributed by atoms with Gasteiger partial charge in [0.15, 0.2) is 0 Å². The fraction of sp³-hybridized carbons (Fsp3) is 0.364. The molecule has 5 heteroatoms. The standard InChI is InChI=1S/C11H13FN2O2/c12-10-2-1-7(11(13)15)3-8(10)4-14-9-5-16-6-9/h1-3,9,14H,4-6H2,(H2,13,15). The van der Waals surface area contributed by atoms with Gasteiger partial charge in [0.1, 0.15) is 5.82 Å². The SMILES string of the molecule is NC(=O)c1ccc(F)c(CNC2COC2)c1. The van der Waals surface area contributed by atoms with Crippen molar-refractivity contribution in [3.05, 3.63) is 35.1 Å². The van der Waals surface area contributed by atoms with Crippen LogP contribution in [-0.4, -0.2) is 25.2 Å². The number of nitrogens with two attached hydrogens (primary N) is 1. The summed E-state index contributed by atoms with van der Waals surface area (Å²) in [5.41, 5.74) is 5.89. The molecule has 0 bridgehead atoms. The Bertz CT molecular complexity index is 405. The normalized spacial score (nSPS) is 15.8. The van der Waals surface area contributed by atoms with Crippen molar-refractivity contribution in [2.24, 2.45) is 5.73 Å². The Kier molecular flexibility index (Phi) is 3.17. The van der Waals surface area contributed by atoms with E-state index in [4.69, 9.17) is 10.5 Å². The number of halogens is 1. The number of carbonyl (C=O) groups excluding carboxylic acids is 1. The second kappa shape index (κ2) is 4.59. The second-order valence-corrected chi connectivity index (χ2v) is 3.79. The molecule has 0 saturated carbocycles. The lowest BCUT2D eigenvalue weighted by atomic mass is 10.1. The zero-order valence-electron chi connectivity index (χ0n) is 8.70. The largest absolute Gasteiger partial charge is 0.378 e. The number of primary amides is 1. The molecule has 0 radical (unpaired) electrons. The molecular weight excluding hydrogens is 211 g/mol. The van der Waals surface area contributed by atoms with Crippen LogP contribution in [0.4, 0.5) is 4.39 Å². The van der Waals surface area contributed by atoms with Gasteiger partial charge in [0.25, 0.3) is 0 Å². The van der Waals surface area contributed by atoms with Crippen LogP contribution in [-0.2, 0) is 11.3 Å². The smallest absolute Gasteiger partial charge is 0.248 e. The van der Waals surface area contributed by atoms with E-state index in [1.54, 1.807) is 0 Å². The number of carbonyl (C=O) groups is 1. The highest BCUT2D eigenvalue weighted by Crippen LogP contribution is 2.11. The molecule has 1 heterocycles. The number of nitrogens with one attached hydrogen (secondary N) is 1. The Labute approximate surface area is 92.6 Å². The molecule has 1 aromatic rings. The summed E-state index contributed by atoms with van der Waals surface area (Å²) in [6, 6.07) is 4.39. The van der Waals surface area contributed by atoms with Crippen molar-refractivity contribution in [2.45, 2.75) is 12.6 Å². The number of hydrogen-bond acceptors (Lipinski definition) is 3. The third kappa shape index (κ3) is 2.37. The molecule has 3 N–H and O–H groups in total. The molecular formula is C11H13FN2O2. The predicted molar refractivity (Wildman–Crippen MR) is 56.4 cm³/mol. The van der Waals surface area contributed by atoms with Gasteiger partial charge in [-0.2, -0.15) is 0 Å². The van der Waals surface area contributed by atoms with Crippen molar-refractivity contribution in [1.29, 1.82) is 0 Å². The molecule has 1 amide bonds. The number of amides is 1. The maximum absolute atomic E-state index is 13.4. The van der Waals surface area contributed by atoms with Crippen LogP contribution in [0.25, 0.3) is 0 Å². The second-order valence-electron chi connectivity index (χ2n) is 3.79. The zero-order valence-corrected chi connectivity index (χ0v) is 8.70. The van der Waals surface area contributed by atoms with E-state index in [1.807, 2.05) is 0 Å². The van der Waals surface area contributed by atoms with E-state index in [1.165, 1.54) is 18.2 Å². The minimum absolute atomic E-state index is 0.275. The molecule has 0 spiro atoms. The molecule has 1 aliphatic rings. The van der Waals surface area contributed by atoms with Crippen molar-refractivity contribution < 1.29 is 13.9 Å². The summed E-state index contributed by atoms with van der Waals surface area (Å²) in [5.74, 6) is -0.883. The van der Waals surface area contributed by atoms with Crippen LogP contribution in [0.5, 0.6) is 0 Å². The van der Waals surface area contributed by atoms with Crippen LogP contribution in [0.2, 0.25) is 0 Å². The van der Waals surface area contributed by atoms with E-state index in [2.05, 4.69) is 5.32 Å². The van der Waals surface area contributed by atoms with Crippen molar-refractivity contribution in [1.82, 2.24) is 5.32 Å². The van der Waals surface area contributed by atoms with Crippen molar-refractivity contribution in [3.8, 4) is 0 Å². The molecule has 1 aliphatic heterocycles. The fourth-order valence-electron chi connectivity index (χ4n) is 1.47. The van der Waals surface area contributed by atoms with Gasteiger partial charge in [-0.1, -0.05) is 0 Å². The van der Waals surface area contributed by atoms with Crippen molar-refractivity contribution >= 4 is 5.91 Å². The van der Waals surface area contributed by atoms with E-state index < -0.39 is 5.91 Å². The average Bonchev–Trinajstić information content (AvgIpc) is 2.18. The summed E-state index contributed by atoms with van der Waals surface area (Å²) in [5, 5.41) is 3.13. The number of ether oxygens (including phenoxy) is 1. The summed E-state index contributed by atoms with van der Waals surface area (Å²) >= 11 is 0. The molecule has 1 aromatic carbocycles. The fourth-order valence-corrected chi connectivity index (χ4v) is 1.47. The number of hydrogen-bond donors (Lipinski definition) is 2. The van der Waals surface area contributed by atoms with Crippen LogP contribution >= 0.6 is 0 Å². The minimum Gasteiger partial charge on any atom is -0.378 e. The predicted octanol–water partition coefficient (Wildman–Crippen LogP) is 0.413. The Morgan fingerprint density at radius 2 is 2.31 bits per heavy atom. The first-order valence-electron chi connectivity index (χ1n) is 5.06. The molecule has 0 unspecified atom stereocenters. The Balaban J connectivity index is 2.05. The molecule has 0 aromatic heterocycles. The first-order chi connectivity index (χ1) is 7.66. The van der Waals surface area contributed by atoms with Gasteiger partial charge in [-0.3, -0.25) is 4.79 Å². The Morgan fingerprint density at radius 3 is 2.88 bits per heavy atom. The van der Waals surface area contributed by atoms with E-state index in [0.717, 1.165) is 0 Å². The molecule has 1 fully saturated rings. The van der Waals surface area contributed by atoms with Crippen LogP contribution < -0.4 is 11.1 Å². The number of rotatable bonds is 4. The molecule has 16 heavy (non-hydrogen) atoms. The maximum Gasteiger partial charge on any atom is 0.248 e. The van der Waals surface area contributed by atoms with Crippen molar-refractivity contribution in [2.75, 3.05) is 13.2 Å². The molecule has 86 valence electrons. The van der Waals surface area contributed by atoms with Crippen molar-refractivity contribution in [3.63, 3.8) is 0 Å². The number of benzene rings is 1. The van der Waals surface area contributed by atoms with Crippen LogP contribution in [0.3, 0.4) is 0 Å². The van der Waals surface area contributed by atoms with Gasteiger partial charge >= 0.3 is 0 Å². The molecule has 0 atom stereocenters. The first-order valence-corrected chi connectivity index (χ1v) is 5.06. The molecule has 1 saturated heterocycles. The van der Waals surface area contributed by atoms with Gasteiger partial charge in [-0.15, -0.1) is 0 Å². The van der Waals surface area contributed by atoms with E-state index in [9.17, 15) is 9.18 Å². The zero-order chi connectivity index (χ0) is 11.5. The van der Waals surface area contributed by atoms with Crippen LogP contribution in [0, 0.1) is 5.82 Å².